The molecule has 0 aliphatic heterocycles. The predicted octanol–water partition coefficient (Wildman–Crippen LogP) is 6.32. The number of nitrogens with one attached hydrogen (secondary N) is 2. The van der Waals surface area contributed by atoms with Crippen LogP contribution in [0.4, 0.5) is 4.79 Å². The van der Waals surface area contributed by atoms with Gasteiger partial charge in [-0.3, -0.25) is 9.78 Å². The summed E-state index contributed by atoms with van der Waals surface area (Å²) in [6.07, 6.45) is 2.95. The summed E-state index contributed by atoms with van der Waals surface area (Å²) >= 11 is 12.0. The number of halogens is 2. The highest BCUT2D eigenvalue weighted by molar-refractivity contribution is 6.42. The zero-order valence-electron chi connectivity index (χ0n) is 19.5. The third-order valence-corrected chi connectivity index (χ3v) is 5.62. The van der Waals surface area contributed by atoms with E-state index >= 15 is 0 Å². The first-order valence-corrected chi connectivity index (χ1v) is 11.5. The van der Waals surface area contributed by atoms with Crippen LogP contribution in [-0.4, -0.2) is 22.6 Å². The Labute approximate surface area is 209 Å². The molecular formula is C26H27Cl2N3O3. The second-order valence-corrected chi connectivity index (χ2v) is 9.71. The molecule has 0 bridgehead atoms. The van der Waals surface area contributed by atoms with Crippen LogP contribution >= 0.6 is 23.2 Å². The van der Waals surface area contributed by atoms with E-state index in [1.165, 1.54) is 0 Å². The lowest BCUT2D eigenvalue weighted by Gasteiger charge is -2.20. The van der Waals surface area contributed by atoms with E-state index in [9.17, 15) is 9.59 Å². The van der Waals surface area contributed by atoms with E-state index in [2.05, 4.69) is 15.6 Å². The first-order valence-electron chi connectivity index (χ1n) is 10.8. The van der Waals surface area contributed by atoms with Crippen molar-refractivity contribution in [3.05, 3.63) is 87.2 Å². The van der Waals surface area contributed by atoms with E-state index < -0.39 is 11.7 Å². The summed E-state index contributed by atoms with van der Waals surface area (Å²) in [5, 5.41) is 6.54. The molecular weight excluding hydrogens is 473 g/mol. The lowest BCUT2D eigenvalue weighted by molar-refractivity contribution is 0.0523. The minimum Gasteiger partial charge on any atom is -0.444 e. The average Bonchev–Trinajstić information content (AvgIpc) is 2.77. The molecule has 3 aromatic rings. The molecule has 0 aliphatic carbocycles. The minimum absolute atomic E-state index is 0.204. The van der Waals surface area contributed by atoms with Crippen molar-refractivity contribution in [2.45, 2.75) is 46.4 Å². The van der Waals surface area contributed by atoms with Crippen molar-refractivity contribution in [1.29, 1.82) is 0 Å². The van der Waals surface area contributed by atoms with Gasteiger partial charge in [0.2, 0.25) is 0 Å². The second-order valence-electron chi connectivity index (χ2n) is 8.90. The van der Waals surface area contributed by atoms with Gasteiger partial charge < -0.3 is 15.4 Å². The Bertz CT molecular complexity index is 1210. The van der Waals surface area contributed by atoms with E-state index in [1.54, 1.807) is 57.4 Å². The fraction of sp³-hybridized carbons (Fsp3) is 0.269. The number of pyridine rings is 1. The summed E-state index contributed by atoms with van der Waals surface area (Å²) in [6.45, 7) is 7.87. The summed E-state index contributed by atoms with van der Waals surface area (Å²) in [5.41, 5.74) is 4.19. The summed E-state index contributed by atoms with van der Waals surface area (Å²) < 4.78 is 5.32. The molecule has 0 spiro atoms. The molecule has 6 nitrogen and oxygen atoms in total. The van der Waals surface area contributed by atoms with Crippen LogP contribution in [0.5, 0.6) is 0 Å². The van der Waals surface area contributed by atoms with E-state index in [0.717, 1.165) is 27.8 Å². The Balaban J connectivity index is 1.84. The molecule has 3 rings (SSSR count). The third-order valence-electron chi connectivity index (χ3n) is 4.88. The van der Waals surface area contributed by atoms with Crippen molar-refractivity contribution in [3.63, 3.8) is 0 Å². The van der Waals surface area contributed by atoms with Crippen LogP contribution in [0.2, 0.25) is 10.0 Å². The van der Waals surface area contributed by atoms with Gasteiger partial charge >= 0.3 is 6.09 Å². The zero-order valence-corrected chi connectivity index (χ0v) is 21.1. The van der Waals surface area contributed by atoms with Crippen molar-refractivity contribution in [1.82, 2.24) is 15.6 Å². The van der Waals surface area contributed by atoms with Crippen molar-refractivity contribution >= 4 is 35.2 Å². The Morgan fingerprint density at radius 3 is 2.35 bits per heavy atom. The average molecular weight is 500 g/mol. The maximum atomic E-state index is 13.0. The number of rotatable bonds is 6. The molecule has 1 heterocycles. The van der Waals surface area contributed by atoms with Crippen LogP contribution in [0.3, 0.4) is 0 Å². The Morgan fingerprint density at radius 1 is 0.941 bits per heavy atom. The molecule has 8 heteroatoms. The fourth-order valence-electron chi connectivity index (χ4n) is 3.27. The quantitative estimate of drug-likeness (QED) is 0.415. The molecule has 0 unspecified atom stereocenters. The van der Waals surface area contributed by atoms with E-state index in [-0.39, 0.29) is 19.0 Å². The first-order chi connectivity index (χ1) is 16.0. The fourth-order valence-corrected chi connectivity index (χ4v) is 3.59. The van der Waals surface area contributed by atoms with Crippen molar-refractivity contribution in [2.24, 2.45) is 0 Å². The van der Waals surface area contributed by atoms with Gasteiger partial charge in [-0.05, 0) is 86.3 Å². The lowest BCUT2D eigenvalue weighted by atomic mass is 9.97. The molecule has 0 saturated carbocycles. The number of carbonyl (C=O) groups is 2. The summed E-state index contributed by atoms with van der Waals surface area (Å²) in [5.74, 6) is -0.256. The van der Waals surface area contributed by atoms with Gasteiger partial charge in [-0.15, -0.1) is 0 Å². The Hall–Kier alpha value is -3.09. The van der Waals surface area contributed by atoms with Gasteiger partial charge in [0.25, 0.3) is 5.91 Å². The number of amides is 2. The molecule has 1 aromatic heterocycles. The van der Waals surface area contributed by atoms with Gasteiger partial charge in [0.15, 0.2) is 0 Å². The standard InChI is InChI=1S/C26H27Cl2N3O3/c1-16-7-8-29-15-21(16)19-9-18(14-31-25(33)34-26(2,3)4)10-20(12-19)24(32)30-13-17-5-6-22(27)23(28)11-17/h5-12,15H,13-14H2,1-4H3,(H,30,32)(H,31,33). The second kappa shape index (κ2) is 10.9. The lowest BCUT2D eigenvalue weighted by Crippen LogP contribution is -2.32. The number of hydrogen-bond donors (Lipinski definition) is 2. The normalized spacial score (nSPS) is 11.1. The third kappa shape index (κ3) is 7.20. The van der Waals surface area contributed by atoms with Gasteiger partial charge in [-0.1, -0.05) is 29.3 Å². The van der Waals surface area contributed by atoms with Gasteiger partial charge in [0.05, 0.1) is 10.0 Å². The van der Waals surface area contributed by atoms with E-state index in [4.69, 9.17) is 27.9 Å². The topological polar surface area (TPSA) is 80.3 Å². The molecule has 0 radical (unpaired) electrons. The number of aromatic nitrogens is 1. The number of aryl methyl sites for hydroxylation is 1. The summed E-state index contributed by atoms with van der Waals surface area (Å²) in [7, 11) is 0. The minimum atomic E-state index is -0.603. The monoisotopic (exact) mass is 499 g/mol. The SMILES string of the molecule is Cc1ccncc1-c1cc(CNC(=O)OC(C)(C)C)cc(C(=O)NCc2ccc(Cl)c(Cl)c2)c1. The number of hydrogen-bond acceptors (Lipinski definition) is 4. The highest BCUT2D eigenvalue weighted by atomic mass is 35.5. The number of ether oxygens (including phenoxy) is 1. The van der Waals surface area contributed by atoms with Crippen LogP contribution < -0.4 is 10.6 Å². The molecule has 178 valence electrons. The Morgan fingerprint density at radius 2 is 1.68 bits per heavy atom. The van der Waals surface area contributed by atoms with E-state index in [1.807, 2.05) is 25.1 Å². The van der Waals surface area contributed by atoms with Crippen molar-refractivity contribution in [3.8, 4) is 11.1 Å². The highest BCUT2D eigenvalue weighted by Gasteiger charge is 2.17. The number of nitrogens with zero attached hydrogens (tertiary/aromatic N) is 1. The molecule has 0 saturated heterocycles. The van der Waals surface area contributed by atoms with Crippen LogP contribution in [0.1, 0.15) is 47.8 Å². The first kappa shape index (κ1) is 25.5. The predicted molar refractivity (Wildman–Crippen MR) is 135 cm³/mol. The van der Waals surface area contributed by atoms with Crippen molar-refractivity contribution in [2.75, 3.05) is 0 Å². The van der Waals surface area contributed by atoms with Crippen LogP contribution in [-0.2, 0) is 17.8 Å². The number of carbonyl (C=O) groups excluding carboxylic acids is 2. The molecule has 34 heavy (non-hydrogen) atoms. The van der Waals surface area contributed by atoms with Gasteiger partial charge in [0.1, 0.15) is 5.60 Å². The molecule has 2 N–H and O–H groups in total. The molecule has 0 aliphatic rings. The number of alkyl carbamates (subject to hydrolysis) is 1. The molecule has 0 atom stereocenters. The largest absolute Gasteiger partial charge is 0.444 e. The summed E-state index contributed by atoms with van der Waals surface area (Å²) in [6, 6.07) is 12.6. The van der Waals surface area contributed by atoms with Crippen LogP contribution in [0.15, 0.2) is 54.9 Å². The highest BCUT2D eigenvalue weighted by Crippen LogP contribution is 2.26. The zero-order chi connectivity index (χ0) is 24.9. The Kier molecular flexibility index (Phi) is 8.18. The van der Waals surface area contributed by atoms with Gasteiger partial charge in [0, 0.05) is 36.6 Å². The smallest absolute Gasteiger partial charge is 0.407 e. The number of benzene rings is 2. The maximum Gasteiger partial charge on any atom is 0.407 e. The van der Waals surface area contributed by atoms with Gasteiger partial charge in [-0.25, -0.2) is 4.79 Å². The maximum absolute atomic E-state index is 13.0. The molecule has 2 aromatic carbocycles. The van der Waals surface area contributed by atoms with Crippen LogP contribution in [0.25, 0.3) is 11.1 Å². The molecule has 2 amide bonds. The molecule has 0 fully saturated rings. The van der Waals surface area contributed by atoms with Crippen molar-refractivity contribution < 1.29 is 14.3 Å². The van der Waals surface area contributed by atoms with Gasteiger partial charge in [-0.2, -0.15) is 0 Å². The van der Waals surface area contributed by atoms with E-state index in [0.29, 0.717) is 15.6 Å². The van der Waals surface area contributed by atoms with Crippen LogP contribution in [0, 0.1) is 6.92 Å². The summed E-state index contributed by atoms with van der Waals surface area (Å²) in [4.78, 5) is 29.4.